The lowest BCUT2D eigenvalue weighted by molar-refractivity contribution is -0.131. The second kappa shape index (κ2) is 4.70. The van der Waals surface area contributed by atoms with Gasteiger partial charge in [0.25, 0.3) is 0 Å². The van der Waals surface area contributed by atoms with Crippen molar-refractivity contribution < 1.29 is 13.6 Å². The lowest BCUT2D eigenvalue weighted by Gasteiger charge is -2.37. The molecule has 0 aromatic carbocycles. The molecule has 0 unspecified atom stereocenters. The fraction of sp³-hybridized carbons (Fsp3) is 0.400. The van der Waals surface area contributed by atoms with E-state index in [0.717, 1.165) is 11.5 Å². The third-order valence-corrected chi connectivity index (χ3v) is 3.96. The van der Waals surface area contributed by atoms with Crippen molar-refractivity contribution in [3.63, 3.8) is 0 Å². The van der Waals surface area contributed by atoms with E-state index in [2.05, 4.69) is 5.32 Å². The second-order valence-corrected chi connectivity index (χ2v) is 5.13. The quantitative estimate of drug-likeness (QED) is 0.900. The number of carbonyl (C=O) groups excluding carboxylic acids is 1. The molecule has 1 aliphatic heterocycles. The summed E-state index contributed by atoms with van der Waals surface area (Å²) in [6, 6.07) is 7.28. The average Bonchev–Trinajstić information content (AvgIpc) is 3.08. The summed E-state index contributed by atoms with van der Waals surface area (Å²) in [5.74, 6) is 1.62. The van der Waals surface area contributed by atoms with E-state index in [1.165, 1.54) is 0 Å². The van der Waals surface area contributed by atoms with Crippen molar-refractivity contribution in [2.24, 2.45) is 11.8 Å². The number of piperidine rings is 1. The molecule has 3 rings (SSSR count). The summed E-state index contributed by atoms with van der Waals surface area (Å²) in [6.45, 7) is 3.88. The van der Waals surface area contributed by atoms with Crippen molar-refractivity contribution >= 4 is 5.78 Å². The van der Waals surface area contributed by atoms with E-state index in [-0.39, 0.29) is 29.7 Å². The van der Waals surface area contributed by atoms with Gasteiger partial charge in [-0.25, -0.2) is 0 Å². The van der Waals surface area contributed by atoms with Crippen LogP contribution in [0.1, 0.15) is 37.5 Å². The third kappa shape index (κ3) is 2.02. The van der Waals surface area contributed by atoms with E-state index >= 15 is 0 Å². The highest BCUT2D eigenvalue weighted by molar-refractivity contribution is 5.85. The first-order chi connectivity index (χ1) is 9.18. The lowest BCUT2D eigenvalue weighted by atomic mass is 9.79. The first-order valence-electron chi connectivity index (χ1n) is 6.55. The van der Waals surface area contributed by atoms with E-state index in [9.17, 15) is 4.79 Å². The van der Waals surface area contributed by atoms with Gasteiger partial charge < -0.3 is 8.83 Å². The van der Waals surface area contributed by atoms with Crippen LogP contribution in [0.5, 0.6) is 0 Å². The molecule has 19 heavy (non-hydrogen) atoms. The second-order valence-electron chi connectivity index (χ2n) is 5.13. The van der Waals surface area contributed by atoms with Gasteiger partial charge in [-0.2, -0.15) is 0 Å². The van der Waals surface area contributed by atoms with Gasteiger partial charge in [-0.3, -0.25) is 10.1 Å². The van der Waals surface area contributed by atoms with Crippen LogP contribution in [-0.4, -0.2) is 5.78 Å². The highest BCUT2D eigenvalue weighted by Gasteiger charge is 2.42. The van der Waals surface area contributed by atoms with Crippen LogP contribution in [0.4, 0.5) is 0 Å². The number of rotatable bonds is 2. The van der Waals surface area contributed by atoms with Gasteiger partial charge in [-0.1, -0.05) is 13.8 Å². The van der Waals surface area contributed by atoms with Gasteiger partial charge in [0, 0.05) is 11.8 Å². The fourth-order valence-electron chi connectivity index (χ4n) is 2.82. The Hall–Kier alpha value is -1.81. The molecule has 0 aliphatic carbocycles. The van der Waals surface area contributed by atoms with Crippen molar-refractivity contribution in [3.05, 3.63) is 48.3 Å². The van der Waals surface area contributed by atoms with Gasteiger partial charge in [0.1, 0.15) is 17.3 Å². The normalized spacial score (nSPS) is 31.6. The molecule has 0 saturated carbocycles. The number of furan rings is 2. The Morgan fingerprint density at radius 3 is 1.79 bits per heavy atom. The van der Waals surface area contributed by atoms with Crippen LogP contribution in [0.25, 0.3) is 0 Å². The molecule has 0 bridgehead atoms. The van der Waals surface area contributed by atoms with Crippen LogP contribution in [0.15, 0.2) is 45.6 Å². The van der Waals surface area contributed by atoms with Crippen LogP contribution in [0, 0.1) is 11.8 Å². The molecule has 0 radical (unpaired) electrons. The van der Waals surface area contributed by atoms with E-state index in [1.807, 2.05) is 38.1 Å². The first kappa shape index (κ1) is 12.2. The van der Waals surface area contributed by atoms with Gasteiger partial charge >= 0.3 is 0 Å². The summed E-state index contributed by atoms with van der Waals surface area (Å²) < 4.78 is 10.9. The lowest BCUT2D eigenvalue weighted by Crippen LogP contribution is -2.46. The Labute approximate surface area is 111 Å². The molecule has 1 saturated heterocycles. The molecule has 0 spiro atoms. The highest BCUT2D eigenvalue weighted by atomic mass is 16.3. The number of hydrogen-bond acceptors (Lipinski definition) is 4. The van der Waals surface area contributed by atoms with Crippen LogP contribution < -0.4 is 5.32 Å². The highest BCUT2D eigenvalue weighted by Crippen LogP contribution is 2.38. The number of carbonyl (C=O) groups is 1. The van der Waals surface area contributed by atoms with Crippen LogP contribution in [0.3, 0.4) is 0 Å². The molecule has 2 aromatic heterocycles. The zero-order valence-corrected chi connectivity index (χ0v) is 11.0. The summed E-state index contributed by atoms with van der Waals surface area (Å²) in [7, 11) is 0. The zero-order valence-electron chi connectivity index (χ0n) is 11.0. The largest absolute Gasteiger partial charge is 0.468 e. The minimum absolute atomic E-state index is 0.103. The molecule has 4 atom stereocenters. The van der Waals surface area contributed by atoms with Crippen molar-refractivity contribution in [2.45, 2.75) is 25.9 Å². The Kier molecular flexibility index (Phi) is 3.03. The molecular weight excluding hydrogens is 242 g/mol. The topological polar surface area (TPSA) is 55.4 Å². The minimum atomic E-state index is -0.104. The molecular formula is C15H17NO3. The van der Waals surface area contributed by atoms with Gasteiger partial charge in [0.15, 0.2) is 0 Å². The number of nitrogens with one attached hydrogen (secondary N) is 1. The summed E-state index contributed by atoms with van der Waals surface area (Å²) in [5.41, 5.74) is 0. The number of Topliss-reactive ketones (excluding diaryl/α,β-unsaturated/α-hetero) is 1. The van der Waals surface area contributed by atoms with Crippen molar-refractivity contribution in [1.29, 1.82) is 0 Å². The van der Waals surface area contributed by atoms with Crippen LogP contribution in [0.2, 0.25) is 0 Å². The predicted octanol–water partition coefficient (Wildman–Crippen LogP) is 3.10. The van der Waals surface area contributed by atoms with Crippen molar-refractivity contribution in [2.75, 3.05) is 0 Å². The smallest absolute Gasteiger partial charge is 0.142 e. The predicted molar refractivity (Wildman–Crippen MR) is 69.4 cm³/mol. The van der Waals surface area contributed by atoms with E-state index in [4.69, 9.17) is 8.83 Å². The maximum Gasteiger partial charge on any atom is 0.142 e. The summed E-state index contributed by atoms with van der Waals surface area (Å²) in [5, 5.41) is 3.48. The molecule has 3 heterocycles. The molecule has 2 aromatic rings. The molecule has 1 fully saturated rings. The van der Waals surface area contributed by atoms with E-state index in [0.29, 0.717) is 0 Å². The van der Waals surface area contributed by atoms with Crippen molar-refractivity contribution in [1.82, 2.24) is 5.32 Å². The Morgan fingerprint density at radius 1 is 0.947 bits per heavy atom. The standard InChI is InChI=1S/C15H17NO3/c1-9-13(11-5-3-7-18-11)16-14(10(2)15(9)17)12-6-4-8-19-12/h3-10,13-14,16H,1-2H3/t9-,10-,13+,14+/m1/s1. The minimum Gasteiger partial charge on any atom is -0.468 e. The zero-order chi connectivity index (χ0) is 13.4. The Morgan fingerprint density at radius 2 is 1.42 bits per heavy atom. The monoisotopic (exact) mass is 259 g/mol. The molecule has 1 aliphatic rings. The summed E-state index contributed by atoms with van der Waals surface area (Å²) >= 11 is 0. The van der Waals surface area contributed by atoms with Crippen LogP contribution >= 0.6 is 0 Å². The third-order valence-electron chi connectivity index (χ3n) is 3.96. The fourth-order valence-corrected chi connectivity index (χ4v) is 2.82. The maximum absolute atomic E-state index is 12.4. The molecule has 4 heteroatoms. The molecule has 1 N–H and O–H groups in total. The molecule has 4 nitrogen and oxygen atoms in total. The maximum atomic E-state index is 12.4. The van der Waals surface area contributed by atoms with Gasteiger partial charge in [-0.15, -0.1) is 0 Å². The Bertz CT molecular complexity index is 496. The number of ketones is 1. The summed E-state index contributed by atoms with van der Waals surface area (Å²) in [6.07, 6.45) is 3.27. The van der Waals surface area contributed by atoms with Crippen LogP contribution in [-0.2, 0) is 4.79 Å². The summed E-state index contributed by atoms with van der Waals surface area (Å²) in [4.78, 5) is 12.4. The van der Waals surface area contributed by atoms with Gasteiger partial charge in [0.2, 0.25) is 0 Å². The number of hydrogen-bond donors (Lipinski definition) is 1. The average molecular weight is 259 g/mol. The first-order valence-corrected chi connectivity index (χ1v) is 6.55. The van der Waals surface area contributed by atoms with E-state index < -0.39 is 0 Å². The Balaban J connectivity index is 1.93. The van der Waals surface area contributed by atoms with Gasteiger partial charge in [-0.05, 0) is 24.3 Å². The van der Waals surface area contributed by atoms with Crippen molar-refractivity contribution in [3.8, 4) is 0 Å². The molecule has 100 valence electrons. The van der Waals surface area contributed by atoms with E-state index in [1.54, 1.807) is 12.5 Å². The van der Waals surface area contributed by atoms with Gasteiger partial charge in [0.05, 0.1) is 24.6 Å². The SMILES string of the molecule is C[C@H]1C(=O)[C@H](C)[C@@H](c2ccco2)N[C@@H]1c1ccco1. The molecule has 0 amide bonds.